The van der Waals surface area contributed by atoms with Crippen molar-refractivity contribution in [1.82, 2.24) is 0 Å². The Morgan fingerprint density at radius 2 is 1.79 bits per heavy atom. The van der Waals surface area contributed by atoms with Crippen LogP contribution in [0.1, 0.15) is 39.2 Å². The summed E-state index contributed by atoms with van der Waals surface area (Å²) in [4.78, 5) is 28.3. The lowest BCUT2D eigenvalue weighted by Crippen LogP contribution is -2.67. The van der Waals surface area contributed by atoms with E-state index in [1.807, 2.05) is 18.2 Å². The molecule has 0 aliphatic carbocycles. The number of para-hydroxylation sites is 1. The predicted molar refractivity (Wildman–Crippen MR) is 88.4 cm³/mol. The van der Waals surface area contributed by atoms with Gasteiger partial charge in [-0.2, -0.15) is 0 Å². The van der Waals surface area contributed by atoms with Crippen LogP contribution < -0.4 is 4.90 Å². The van der Waals surface area contributed by atoms with Crippen LogP contribution in [0.2, 0.25) is 0 Å². The highest BCUT2D eigenvalue weighted by Gasteiger charge is 2.64. The molecule has 0 radical (unpaired) electrons. The van der Waals surface area contributed by atoms with E-state index < -0.39 is 23.1 Å². The van der Waals surface area contributed by atoms with Crippen molar-refractivity contribution in [3.63, 3.8) is 0 Å². The maximum Gasteiger partial charge on any atom is 0.329 e. The van der Waals surface area contributed by atoms with Crippen LogP contribution in [-0.2, 0) is 25.5 Å². The quantitative estimate of drug-likeness (QED) is 0.541. The Morgan fingerprint density at radius 1 is 1.12 bits per heavy atom. The standard InChI is InChI=1S/C19H23NO4/c1-12-8-9-20-14-7-5-4-6-13(14)11-19(15(20)10-12)16(21)23-18(2,3)24-17(19)22/h4-7,12,15H,8-11H2,1-3H3/t12-,15-/m1/s1. The van der Waals surface area contributed by atoms with E-state index in [9.17, 15) is 9.59 Å². The van der Waals surface area contributed by atoms with Crippen LogP contribution in [0, 0.1) is 11.3 Å². The minimum Gasteiger partial charge on any atom is -0.422 e. The lowest BCUT2D eigenvalue weighted by molar-refractivity contribution is -0.253. The van der Waals surface area contributed by atoms with Crippen LogP contribution in [0.5, 0.6) is 0 Å². The summed E-state index contributed by atoms with van der Waals surface area (Å²) in [6, 6.07) is 7.82. The predicted octanol–water partition coefficient (Wildman–Crippen LogP) is 2.67. The van der Waals surface area contributed by atoms with Gasteiger partial charge >= 0.3 is 11.9 Å². The first-order valence-electron chi connectivity index (χ1n) is 8.65. The molecule has 4 rings (SSSR count). The number of hydrogen-bond donors (Lipinski definition) is 0. The van der Waals surface area contributed by atoms with Gasteiger partial charge in [0.2, 0.25) is 0 Å². The Bertz CT molecular complexity index is 691. The van der Waals surface area contributed by atoms with Crippen molar-refractivity contribution in [3.05, 3.63) is 29.8 Å². The summed E-state index contributed by atoms with van der Waals surface area (Å²) in [7, 11) is 0. The zero-order valence-corrected chi connectivity index (χ0v) is 14.4. The molecule has 24 heavy (non-hydrogen) atoms. The molecule has 0 N–H and O–H groups in total. The Labute approximate surface area is 141 Å². The topological polar surface area (TPSA) is 55.8 Å². The number of esters is 2. The maximum absolute atomic E-state index is 13.0. The molecule has 5 nitrogen and oxygen atoms in total. The fourth-order valence-electron chi connectivity index (χ4n) is 4.40. The minimum absolute atomic E-state index is 0.202. The monoisotopic (exact) mass is 329 g/mol. The maximum atomic E-state index is 13.0. The number of fused-ring (bicyclic) bond motifs is 4. The average molecular weight is 329 g/mol. The number of anilines is 1. The third kappa shape index (κ3) is 2.06. The molecule has 3 aliphatic rings. The van der Waals surface area contributed by atoms with Gasteiger partial charge < -0.3 is 14.4 Å². The number of cyclic esters (lactones) is 2. The van der Waals surface area contributed by atoms with Crippen molar-refractivity contribution >= 4 is 17.6 Å². The summed E-state index contributed by atoms with van der Waals surface area (Å²) in [5.74, 6) is -1.62. The Hall–Kier alpha value is -2.04. The molecule has 2 fully saturated rings. The highest BCUT2D eigenvalue weighted by Crippen LogP contribution is 2.50. The number of benzene rings is 1. The first-order valence-corrected chi connectivity index (χ1v) is 8.65. The third-order valence-electron chi connectivity index (χ3n) is 5.61. The van der Waals surface area contributed by atoms with Crippen LogP contribution in [-0.4, -0.2) is 30.3 Å². The lowest BCUT2D eigenvalue weighted by Gasteiger charge is -2.54. The molecule has 0 bridgehead atoms. The fourth-order valence-corrected chi connectivity index (χ4v) is 4.40. The van der Waals surface area contributed by atoms with Gasteiger partial charge in [0, 0.05) is 32.5 Å². The van der Waals surface area contributed by atoms with Crippen molar-refractivity contribution in [2.24, 2.45) is 11.3 Å². The molecule has 128 valence electrons. The molecular formula is C19H23NO4. The smallest absolute Gasteiger partial charge is 0.329 e. The first-order chi connectivity index (χ1) is 11.3. The first kappa shape index (κ1) is 15.5. The van der Waals surface area contributed by atoms with Gasteiger partial charge in [0.1, 0.15) is 0 Å². The van der Waals surface area contributed by atoms with Gasteiger partial charge in [-0.15, -0.1) is 0 Å². The zero-order valence-electron chi connectivity index (χ0n) is 14.4. The van der Waals surface area contributed by atoms with E-state index in [0.717, 1.165) is 30.6 Å². The molecule has 5 heteroatoms. The van der Waals surface area contributed by atoms with Gasteiger partial charge in [0.15, 0.2) is 5.41 Å². The van der Waals surface area contributed by atoms with Gasteiger partial charge in [-0.1, -0.05) is 25.1 Å². The number of rotatable bonds is 0. The van der Waals surface area contributed by atoms with Crippen LogP contribution >= 0.6 is 0 Å². The summed E-state index contributed by atoms with van der Waals surface area (Å²) >= 11 is 0. The molecule has 0 unspecified atom stereocenters. The summed E-state index contributed by atoms with van der Waals surface area (Å²) in [6.45, 7) is 6.23. The van der Waals surface area contributed by atoms with Crippen LogP contribution in [0.4, 0.5) is 5.69 Å². The number of carbonyl (C=O) groups is 2. The van der Waals surface area contributed by atoms with E-state index in [1.54, 1.807) is 13.8 Å². The second-order valence-corrected chi connectivity index (χ2v) is 7.79. The molecule has 3 heterocycles. The number of hydrogen-bond acceptors (Lipinski definition) is 5. The molecule has 1 aromatic carbocycles. The SMILES string of the molecule is C[C@@H]1CCN2c3ccccc3CC3(C(=O)OC(C)(C)OC3=O)[C@H]2C1. The third-order valence-corrected chi connectivity index (χ3v) is 5.61. The molecule has 0 aromatic heterocycles. The zero-order chi connectivity index (χ0) is 17.1. The van der Waals surface area contributed by atoms with Gasteiger partial charge in [0.25, 0.3) is 5.79 Å². The van der Waals surface area contributed by atoms with Gasteiger partial charge in [-0.05, 0) is 30.4 Å². The molecule has 2 saturated heterocycles. The number of piperidine rings is 1. The summed E-state index contributed by atoms with van der Waals surface area (Å²) in [5, 5.41) is 0. The molecule has 1 spiro atoms. The number of nitrogens with zero attached hydrogens (tertiary/aromatic N) is 1. The summed E-state index contributed by atoms with van der Waals surface area (Å²) in [5.41, 5.74) is 0.890. The van der Waals surface area contributed by atoms with Crippen molar-refractivity contribution in [2.75, 3.05) is 11.4 Å². The number of carbonyl (C=O) groups excluding carboxylic acids is 2. The average Bonchev–Trinajstić information content (AvgIpc) is 2.51. The molecule has 0 amide bonds. The Morgan fingerprint density at radius 3 is 2.50 bits per heavy atom. The van der Waals surface area contributed by atoms with Crippen LogP contribution in [0.3, 0.4) is 0 Å². The summed E-state index contributed by atoms with van der Waals surface area (Å²) in [6.07, 6.45) is 2.19. The van der Waals surface area contributed by atoms with Crippen molar-refractivity contribution in [2.45, 2.75) is 51.9 Å². The minimum atomic E-state index is -1.25. The Balaban J connectivity index is 1.85. The molecule has 0 saturated carbocycles. The van der Waals surface area contributed by atoms with Crippen LogP contribution in [0.15, 0.2) is 24.3 Å². The van der Waals surface area contributed by atoms with Crippen molar-refractivity contribution < 1.29 is 19.1 Å². The number of ether oxygens (including phenoxy) is 2. The van der Waals surface area contributed by atoms with Crippen molar-refractivity contribution in [1.29, 1.82) is 0 Å². The normalized spacial score (nSPS) is 30.2. The van der Waals surface area contributed by atoms with E-state index >= 15 is 0 Å². The molecule has 1 aromatic rings. The largest absolute Gasteiger partial charge is 0.422 e. The van der Waals surface area contributed by atoms with E-state index in [1.165, 1.54) is 0 Å². The molecular weight excluding hydrogens is 306 g/mol. The second kappa shape index (κ2) is 4.98. The highest BCUT2D eigenvalue weighted by molar-refractivity contribution is 6.04. The molecule has 2 atom stereocenters. The molecule has 3 aliphatic heterocycles. The fraction of sp³-hybridized carbons (Fsp3) is 0.579. The van der Waals surface area contributed by atoms with Gasteiger partial charge in [-0.3, -0.25) is 9.59 Å². The van der Waals surface area contributed by atoms with Crippen molar-refractivity contribution in [3.8, 4) is 0 Å². The van der Waals surface area contributed by atoms with E-state index in [0.29, 0.717) is 12.3 Å². The second-order valence-electron chi connectivity index (χ2n) is 7.79. The Kier molecular flexibility index (Phi) is 3.21. The van der Waals surface area contributed by atoms with Crippen LogP contribution in [0.25, 0.3) is 0 Å². The van der Waals surface area contributed by atoms with E-state index in [-0.39, 0.29) is 6.04 Å². The summed E-state index contributed by atoms with van der Waals surface area (Å²) < 4.78 is 11.1. The van der Waals surface area contributed by atoms with Gasteiger partial charge in [-0.25, -0.2) is 0 Å². The highest BCUT2D eigenvalue weighted by atomic mass is 16.7. The van der Waals surface area contributed by atoms with Gasteiger partial charge in [0.05, 0.1) is 6.04 Å². The van der Waals surface area contributed by atoms with E-state index in [2.05, 4.69) is 17.9 Å². The lowest BCUT2D eigenvalue weighted by atomic mass is 9.66. The van der Waals surface area contributed by atoms with E-state index in [4.69, 9.17) is 9.47 Å².